The third-order valence-electron chi connectivity index (χ3n) is 4.63. The van der Waals surface area contributed by atoms with Gasteiger partial charge in [-0.05, 0) is 56.7 Å². The van der Waals surface area contributed by atoms with Gasteiger partial charge in [0.25, 0.3) is 0 Å². The number of thioether (sulfide) groups is 1. The molecule has 8 nitrogen and oxygen atoms in total. The van der Waals surface area contributed by atoms with E-state index in [4.69, 9.17) is 4.74 Å². The first-order valence-electron chi connectivity index (χ1n) is 10.4. The Labute approximate surface area is 191 Å². The van der Waals surface area contributed by atoms with Crippen LogP contribution < -0.4 is 15.4 Å². The Bertz CT molecular complexity index is 1070. The van der Waals surface area contributed by atoms with Crippen LogP contribution >= 0.6 is 11.8 Å². The van der Waals surface area contributed by atoms with Crippen LogP contribution in [-0.2, 0) is 22.6 Å². The molecule has 0 radical (unpaired) electrons. The van der Waals surface area contributed by atoms with Gasteiger partial charge in [-0.3, -0.25) is 9.59 Å². The SMILES string of the molecule is CCOc1ccc(NC(=O)CSc2nnc(CC(=O)Nc3ccccc3C)n2CC)cc1. The first-order valence-corrected chi connectivity index (χ1v) is 11.4. The smallest absolute Gasteiger partial charge is 0.234 e. The second kappa shape index (κ2) is 11.3. The number of hydrogen-bond acceptors (Lipinski definition) is 6. The van der Waals surface area contributed by atoms with Crippen molar-refractivity contribution in [1.82, 2.24) is 14.8 Å². The summed E-state index contributed by atoms with van der Waals surface area (Å²) < 4.78 is 7.26. The number of benzene rings is 2. The third-order valence-corrected chi connectivity index (χ3v) is 5.60. The zero-order chi connectivity index (χ0) is 22.9. The van der Waals surface area contributed by atoms with E-state index in [2.05, 4.69) is 20.8 Å². The zero-order valence-corrected chi connectivity index (χ0v) is 19.2. The highest BCUT2D eigenvalue weighted by molar-refractivity contribution is 7.99. The summed E-state index contributed by atoms with van der Waals surface area (Å²) in [5, 5.41) is 14.7. The van der Waals surface area contributed by atoms with Gasteiger partial charge in [-0.2, -0.15) is 0 Å². The molecule has 168 valence electrons. The summed E-state index contributed by atoms with van der Waals surface area (Å²) >= 11 is 1.29. The average molecular weight is 454 g/mol. The maximum atomic E-state index is 12.5. The van der Waals surface area contributed by atoms with Crippen molar-refractivity contribution in [3.8, 4) is 5.75 Å². The van der Waals surface area contributed by atoms with E-state index in [-0.39, 0.29) is 24.0 Å². The van der Waals surface area contributed by atoms with E-state index >= 15 is 0 Å². The lowest BCUT2D eigenvalue weighted by Crippen LogP contribution is -2.18. The summed E-state index contributed by atoms with van der Waals surface area (Å²) in [6.45, 7) is 7.01. The van der Waals surface area contributed by atoms with Gasteiger partial charge in [-0.15, -0.1) is 10.2 Å². The number of amides is 2. The third kappa shape index (κ3) is 6.34. The number of aryl methyl sites for hydroxylation is 1. The van der Waals surface area contributed by atoms with E-state index in [1.807, 2.05) is 61.7 Å². The largest absolute Gasteiger partial charge is 0.494 e. The molecular weight excluding hydrogens is 426 g/mol. The predicted molar refractivity (Wildman–Crippen MR) is 126 cm³/mol. The van der Waals surface area contributed by atoms with E-state index in [0.29, 0.717) is 29.8 Å². The van der Waals surface area contributed by atoms with Crippen LogP contribution in [0.2, 0.25) is 0 Å². The molecule has 1 heterocycles. The number of hydrogen-bond donors (Lipinski definition) is 2. The van der Waals surface area contributed by atoms with Crippen molar-refractivity contribution in [2.45, 2.75) is 38.9 Å². The van der Waals surface area contributed by atoms with Crippen molar-refractivity contribution in [2.24, 2.45) is 0 Å². The van der Waals surface area contributed by atoms with E-state index in [1.54, 1.807) is 12.1 Å². The molecule has 1 aromatic heterocycles. The van der Waals surface area contributed by atoms with Crippen LogP contribution in [0.5, 0.6) is 5.75 Å². The molecule has 0 aliphatic rings. The van der Waals surface area contributed by atoms with Gasteiger partial charge in [-0.25, -0.2) is 0 Å². The lowest BCUT2D eigenvalue weighted by atomic mass is 10.2. The van der Waals surface area contributed by atoms with Gasteiger partial charge >= 0.3 is 0 Å². The number of ether oxygens (including phenoxy) is 1. The highest BCUT2D eigenvalue weighted by Crippen LogP contribution is 2.20. The standard InChI is InChI=1S/C23H27N5O3S/c1-4-28-20(14-21(29)25-19-9-7-6-8-16(19)3)26-27-23(28)32-15-22(30)24-17-10-12-18(13-11-17)31-5-2/h6-13H,4-5,14-15H2,1-3H3,(H,24,30)(H,25,29). The van der Waals surface area contributed by atoms with Crippen molar-refractivity contribution in [2.75, 3.05) is 23.0 Å². The number of carbonyl (C=O) groups is 2. The molecule has 32 heavy (non-hydrogen) atoms. The minimum absolute atomic E-state index is 0.105. The zero-order valence-electron chi connectivity index (χ0n) is 18.4. The Morgan fingerprint density at radius 2 is 1.75 bits per heavy atom. The number of anilines is 2. The fourth-order valence-electron chi connectivity index (χ4n) is 3.05. The van der Waals surface area contributed by atoms with Crippen molar-refractivity contribution < 1.29 is 14.3 Å². The molecule has 9 heteroatoms. The molecule has 0 spiro atoms. The van der Waals surface area contributed by atoms with Gasteiger partial charge < -0.3 is 19.9 Å². The van der Waals surface area contributed by atoms with Crippen molar-refractivity contribution in [3.63, 3.8) is 0 Å². The maximum absolute atomic E-state index is 12.5. The number of nitrogens with one attached hydrogen (secondary N) is 2. The second-order valence-corrected chi connectivity index (χ2v) is 7.92. The molecule has 3 aromatic rings. The maximum Gasteiger partial charge on any atom is 0.234 e. The molecule has 0 unspecified atom stereocenters. The van der Waals surface area contributed by atoms with Crippen molar-refractivity contribution in [1.29, 1.82) is 0 Å². The van der Waals surface area contributed by atoms with Crippen LogP contribution in [0.25, 0.3) is 0 Å². The predicted octanol–water partition coefficient (Wildman–Crippen LogP) is 3.92. The molecule has 2 N–H and O–H groups in total. The van der Waals surface area contributed by atoms with E-state index in [0.717, 1.165) is 17.0 Å². The minimum atomic E-state index is -0.161. The Morgan fingerprint density at radius 1 is 1.00 bits per heavy atom. The summed E-state index contributed by atoms with van der Waals surface area (Å²) in [5.74, 6) is 1.19. The Kier molecular flexibility index (Phi) is 8.27. The van der Waals surface area contributed by atoms with Crippen LogP contribution in [0.15, 0.2) is 53.7 Å². The van der Waals surface area contributed by atoms with E-state index in [1.165, 1.54) is 11.8 Å². The minimum Gasteiger partial charge on any atom is -0.494 e. The number of aromatic nitrogens is 3. The van der Waals surface area contributed by atoms with Crippen LogP contribution in [0.3, 0.4) is 0 Å². The molecule has 0 atom stereocenters. The number of carbonyl (C=O) groups excluding carboxylic acids is 2. The Morgan fingerprint density at radius 3 is 2.44 bits per heavy atom. The fraction of sp³-hybridized carbons (Fsp3) is 0.304. The summed E-state index contributed by atoms with van der Waals surface area (Å²) in [7, 11) is 0. The van der Waals surface area contributed by atoms with Gasteiger partial charge in [0.2, 0.25) is 11.8 Å². The number of nitrogens with zero attached hydrogens (tertiary/aromatic N) is 3. The highest BCUT2D eigenvalue weighted by Gasteiger charge is 2.16. The van der Waals surface area contributed by atoms with Crippen LogP contribution in [0.1, 0.15) is 25.2 Å². The van der Waals surface area contributed by atoms with Crippen LogP contribution in [-0.4, -0.2) is 38.9 Å². The molecule has 0 aliphatic heterocycles. The highest BCUT2D eigenvalue weighted by atomic mass is 32.2. The molecular formula is C23H27N5O3S. The van der Waals surface area contributed by atoms with Crippen molar-refractivity contribution >= 4 is 35.0 Å². The van der Waals surface area contributed by atoms with E-state index < -0.39 is 0 Å². The summed E-state index contributed by atoms with van der Waals surface area (Å²) in [4.78, 5) is 24.8. The quantitative estimate of drug-likeness (QED) is 0.452. The lowest BCUT2D eigenvalue weighted by Gasteiger charge is -2.10. The summed E-state index contributed by atoms with van der Waals surface area (Å²) in [6, 6.07) is 14.8. The topological polar surface area (TPSA) is 98.1 Å². The van der Waals surface area contributed by atoms with Crippen LogP contribution in [0.4, 0.5) is 11.4 Å². The van der Waals surface area contributed by atoms with Crippen molar-refractivity contribution in [3.05, 3.63) is 59.9 Å². The molecule has 0 fully saturated rings. The lowest BCUT2D eigenvalue weighted by molar-refractivity contribution is -0.116. The summed E-state index contributed by atoms with van der Waals surface area (Å²) in [5.41, 5.74) is 2.47. The molecule has 0 saturated heterocycles. The number of para-hydroxylation sites is 1. The van der Waals surface area contributed by atoms with Crippen LogP contribution in [0, 0.1) is 6.92 Å². The molecule has 2 amide bonds. The second-order valence-electron chi connectivity index (χ2n) is 6.98. The van der Waals surface area contributed by atoms with E-state index in [9.17, 15) is 9.59 Å². The molecule has 0 bridgehead atoms. The average Bonchev–Trinajstić information content (AvgIpc) is 3.16. The normalized spacial score (nSPS) is 10.6. The van der Waals surface area contributed by atoms with Gasteiger partial charge in [0.1, 0.15) is 11.6 Å². The molecule has 0 aliphatic carbocycles. The first-order chi connectivity index (χ1) is 15.5. The van der Waals surface area contributed by atoms with Gasteiger partial charge in [0.15, 0.2) is 5.16 Å². The Hall–Kier alpha value is -3.33. The molecule has 0 saturated carbocycles. The first kappa shape index (κ1) is 23.3. The van der Waals surface area contributed by atoms with Gasteiger partial charge in [-0.1, -0.05) is 30.0 Å². The molecule has 3 rings (SSSR count). The van der Waals surface area contributed by atoms with Gasteiger partial charge in [0, 0.05) is 17.9 Å². The fourth-order valence-corrected chi connectivity index (χ4v) is 3.87. The summed E-state index contributed by atoms with van der Waals surface area (Å²) in [6.07, 6.45) is 0.105. The number of rotatable bonds is 10. The Balaban J connectivity index is 1.55. The monoisotopic (exact) mass is 453 g/mol. The molecule has 2 aromatic carbocycles. The van der Waals surface area contributed by atoms with Gasteiger partial charge in [0.05, 0.1) is 18.8 Å².